The van der Waals surface area contributed by atoms with E-state index in [9.17, 15) is 0 Å². The Hall–Kier alpha value is 0.0500. The zero-order valence-electron chi connectivity index (χ0n) is 5.35. The summed E-state index contributed by atoms with van der Waals surface area (Å²) < 4.78 is 0. The van der Waals surface area contributed by atoms with Crippen LogP contribution in [0.5, 0.6) is 0 Å². The van der Waals surface area contributed by atoms with Gasteiger partial charge in [-0.3, -0.25) is 4.90 Å². The van der Waals surface area contributed by atoms with Crippen LogP contribution in [0.2, 0.25) is 0 Å². The summed E-state index contributed by atoms with van der Waals surface area (Å²) in [4.78, 5) is 3.49. The minimum absolute atomic E-state index is 0.683. The van der Waals surface area contributed by atoms with Crippen molar-refractivity contribution in [3.05, 3.63) is 0 Å². The van der Waals surface area contributed by atoms with Crippen molar-refractivity contribution in [2.75, 3.05) is 13.6 Å². The van der Waals surface area contributed by atoms with Crippen molar-refractivity contribution in [3.8, 4) is 0 Å². The van der Waals surface area contributed by atoms with Gasteiger partial charge in [-0.05, 0) is 20.4 Å². The molecule has 0 amide bonds. The quantitative estimate of drug-likeness (QED) is 0.450. The second kappa shape index (κ2) is 2.11. The summed E-state index contributed by atoms with van der Waals surface area (Å²) in [6, 6.07) is 0.683. The number of hydrogen-bond acceptors (Lipinski definition) is 2. The standard InChI is InChI=1S/C6H11NS/c1-5-3-6(8)4-7(5)2/h5H,3-4H2,1-2H3. The highest BCUT2D eigenvalue weighted by molar-refractivity contribution is 7.80. The number of likely N-dealkylation sites (tertiary alicyclic amines) is 1. The first kappa shape index (κ1) is 6.17. The Morgan fingerprint density at radius 2 is 2.38 bits per heavy atom. The van der Waals surface area contributed by atoms with Crippen LogP contribution in [0.1, 0.15) is 13.3 Å². The van der Waals surface area contributed by atoms with Gasteiger partial charge in [0.2, 0.25) is 0 Å². The van der Waals surface area contributed by atoms with E-state index >= 15 is 0 Å². The Bertz CT molecular complexity index is 99.1. The first-order valence-corrected chi connectivity index (χ1v) is 3.33. The maximum atomic E-state index is 5.03. The highest BCUT2D eigenvalue weighted by Gasteiger charge is 2.19. The lowest BCUT2D eigenvalue weighted by Crippen LogP contribution is -2.21. The molecule has 46 valence electrons. The van der Waals surface area contributed by atoms with E-state index in [2.05, 4.69) is 18.9 Å². The van der Waals surface area contributed by atoms with Gasteiger partial charge in [0.1, 0.15) is 0 Å². The fraction of sp³-hybridized carbons (Fsp3) is 0.833. The molecule has 1 nitrogen and oxygen atoms in total. The van der Waals surface area contributed by atoms with Crippen molar-refractivity contribution in [2.45, 2.75) is 19.4 Å². The van der Waals surface area contributed by atoms with E-state index in [1.54, 1.807) is 0 Å². The summed E-state index contributed by atoms with van der Waals surface area (Å²) in [5, 5.41) is 0. The van der Waals surface area contributed by atoms with Crippen molar-refractivity contribution in [2.24, 2.45) is 0 Å². The third kappa shape index (κ3) is 1.06. The van der Waals surface area contributed by atoms with Gasteiger partial charge in [0.05, 0.1) is 0 Å². The molecule has 0 saturated carbocycles. The maximum absolute atomic E-state index is 5.03. The van der Waals surface area contributed by atoms with Crippen LogP contribution in [0.25, 0.3) is 0 Å². The molecule has 0 aromatic rings. The van der Waals surface area contributed by atoms with Crippen LogP contribution in [0, 0.1) is 0 Å². The van der Waals surface area contributed by atoms with Gasteiger partial charge in [-0.15, -0.1) is 0 Å². The van der Waals surface area contributed by atoms with Crippen LogP contribution in [-0.2, 0) is 0 Å². The summed E-state index contributed by atoms with van der Waals surface area (Å²) in [5.74, 6) is 0. The Balaban J connectivity index is 2.51. The minimum Gasteiger partial charge on any atom is -0.299 e. The summed E-state index contributed by atoms with van der Waals surface area (Å²) >= 11 is 5.03. The molecule has 1 heterocycles. The summed E-state index contributed by atoms with van der Waals surface area (Å²) in [7, 11) is 2.12. The average molecular weight is 129 g/mol. The highest BCUT2D eigenvalue weighted by Crippen LogP contribution is 2.11. The lowest BCUT2D eigenvalue weighted by molar-refractivity contribution is 0.334. The summed E-state index contributed by atoms with van der Waals surface area (Å²) in [6.07, 6.45) is 1.12. The van der Waals surface area contributed by atoms with Crippen molar-refractivity contribution < 1.29 is 0 Å². The molecular formula is C6H11NS. The van der Waals surface area contributed by atoms with Gasteiger partial charge < -0.3 is 0 Å². The van der Waals surface area contributed by atoms with E-state index in [-0.39, 0.29) is 0 Å². The van der Waals surface area contributed by atoms with Gasteiger partial charge >= 0.3 is 0 Å². The van der Waals surface area contributed by atoms with Crippen molar-refractivity contribution >= 4 is 17.1 Å². The molecule has 2 heteroatoms. The second-order valence-electron chi connectivity index (χ2n) is 2.51. The molecule has 0 radical (unpaired) electrons. The van der Waals surface area contributed by atoms with Gasteiger partial charge in [0, 0.05) is 17.5 Å². The number of nitrogens with zero attached hydrogens (tertiary/aromatic N) is 1. The monoisotopic (exact) mass is 129 g/mol. The average Bonchev–Trinajstić information content (AvgIpc) is 1.85. The zero-order chi connectivity index (χ0) is 6.15. The fourth-order valence-corrected chi connectivity index (χ4v) is 1.43. The van der Waals surface area contributed by atoms with Gasteiger partial charge in [-0.25, -0.2) is 0 Å². The second-order valence-corrected chi connectivity index (χ2v) is 3.08. The molecule has 1 saturated heterocycles. The molecule has 0 aliphatic carbocycles. The predicted octanol–water partition coefficient (Wildman–Crippen LogP) is 1.08. The molecule has 0 N–H and O–H groups in total. The molecule has 0 aromatic carbocycles. The Morgan fingerprint density at radius 1 is 1.75 bits per heavy atom. The lowest BCUT2D eigenvalue weighted by atomic mass is 10.2. The van der Waals surface area contributed by atoms with E-state index in [1.165, 1.54) is 4.86 Å². The van der Waals surface area contributed by atoms with Crippen LogP contribution in [0.15, 0.2) is 0 Å². The van der Waals surface area contributed by atoms with E-state index in [0.717, 1.165) is 13.0 Å². The molecular weight excluding hydrogens is 118 g/mol. The molecule has 0 spiro atoms. The molecule has 1 aliphatic heterocycles. The molecule has 0 bridgehead atoms. The van der Waals surface area contributed by atoms with Crippen LogP contribution < -0.4 is 0 Å². The summed E-state index contributed by atoms with van der Waals surface area (Å²) in [5.41, 5.74) is 0. The Labute approximate surface area is 55.7 Å². The van der Waals surface area contributed by atoms with E-state index in [0.29, 0.717) is 6.04 Å². The van der Waals surface area contributed by atoms with Gasteiger partial charge in [-0.2, -0.15) is 0 Å². The molecule has 1 unspecified atom stereocenters. The fourth-order valence-electron chi connectivity index (χ4n) is 0.984. The highest BCUT2D eigenvalue weighted by atomic mass is 32.1. The molecule has 8 heavy (non-hydrogen) atoms. The van der Waals surface area contributed by atoms with Crippen molar-refractivity contribution in [1.29, 1.82) is 0 Å². The van der Waals surface area contributed by atoms with Crippen LogP contribution >= 0.6 is 12.2 Å². The third-order valence-electron chi connectivity index (χ3n) is 1.70. The molecule has 1 aliphatic rings. The maximum Gasteiger partial charge on any atom is 0.0297 e. The topological polar surface area (TPSA) is 3.24 Å². The number of thiocarbonyl (C=S) groups is 1. The van der Waals surface area contributed by atoms with Gasteiger partial charge in [0.15, 0.2) is 0 Å². The Morgan fingerprint density at radius 3 is 2.50 bits per heavy atom. The van der Waals surface area contributed by atoms with Gasteiger partial charge in [0.25, 0.3) is 0 Å². The predicted molar refractivity (Wildman–Crippen MR) is 39.3 cm³/mol. The van der Waals surface area contributed by atoms with Crippen LogP contribution in [0.4, 0.5) is 0 Å². The number of rotatable bonds is 0. The normalized spacial score (nSPS) is 31.8. The van der Waals surface area contributed by atoms with Crippen molar-refractivity contribution in [1.82, 2.24) is 4.90 Å². The first-order valence-electron chi connectivity index (χ1n) is 2.92. The molecule has 1 rings (SSSR count). The Kier molecular flexibility index (Phi) is 1.63. The van der Waals surface area contributed by atoms with Crippen LogP contribution in [-0.4, -0.2) is 29.4 Å². The SMILES string of the molecule is CC1CC(=S)CN1C. The van der Waals surface area contributed by atoms with Crippen LogP contribution in [0.3, 0.4) is 0 Å². The molecule has 1 atom stereocenters. The van der Waals surface area contributed by atoms with E-state index < -0.39 is 0 Å². The smallest absolute Gasteiger partial charge is 0.0297 e. The van der Waals surface area contributed by atoms with Gasteiger partial charge in [-0.1, -0.05) is 12.2 Å². The largest absolute Gasteiger partial charge is 0.299 e. The summed E-state index contributed by atoms with van der Waals surface area (Å²) in [6.45, 7) is 3.23. The minimum atomic E-state index is 0.683. The number of hydrogen-bond donors (Lipinski definition) is 0. The first-order chi connectivity index (χ1) is 3.70. The molecule has 0 aromatic heterocycles. The zero-order valence-corrected chi connectivity index (χ0v) is 6.16. The third-order valence-corrected chi connectivity index (χ3v) is 2.00. The molecule has 1 fully saturated rings. The lowest BCUT2D eigenvalue weighted by Gasteiger charge is -2.11. The van der Waals surface area contributed by atoms with Crippen molar-refractivity contribution in [3.63, 3.8) is 0 Å². The van der Waals surface area contributed by atoms with E-state index in [4.69, 9.17) is 12.2 Å². The van der Waals surface area contributed by atoms with E-state index in [1.807, 2.05) is 0 Å².